The van der Waals surface area contributed by atoms with Crippen molar-refractivity contribution in [3.8, 4) is 6.07 Å². The van der Waals surface area contributed by atoms with Crippen LogP contribution in [-0.2, 0) is 6.54 Å². The molecular weight excluding hydrogens is 253 g/mol. The van der Waals surface area contributed by atoms with Gasteiger partial charge in [-0.25, -0.2) is 4.39 Å². The van der Waals surface area contributed by atoms with Crippen LogP contribution >= 0.6 is 0 Å². The van der Waals surface area contributed by atoms with Crippen LogP contribution in [0.2, 0.25) is 0 Å². The fourth-order valence-electron chi connectivity index (χ4n) is 2.35. The second kappa shape index (κ2) is 4.71. The van der Waals surface area contributed by atoms with Gasteiger partial charge in [0.1, 0.15) is 5.82 Å². The molecule has 1 aromatic heterocycles. The topological polar surface area (TPSA) is 54.7 Å². The number of halogens is 1. The first-order chi connectivity index (χ1) is 9.69. The Morgan fingerprint density at radius 1 is 1.20 bits per heavy atom. The fourth-order valence-corrected chi connectivity index (χ4v) is 2.35. The number of benzene rings is 2. The van der Waals surface area contributed by atoms with Gasteiger partial charge in [0.05, 0.1) is 11.6 Å². The summed E-state index contributed by atoms with van der Waals surface area (Å²) in [5.74, 6) is -0.338. The number of nitrogens with two attached hydrogens (primary N) is 1. The van der Waals surface area contributed by atoms with E-state index in [9.17, 15) is 4.39 Å². The summed E-state index contributed by atoms with van der Waals surface area (Å²) in [7, 11) is 0. The Morgan fingerprint density at radius 2 is 2.05 bits per heavy atom. The van der Waals surface area contributed by atoms with Crippen molar-refractivity contribution in [1.82, 2.24) is 4.57 Å². The Labute approximate surface area is 115 Å². The maximum absolute atomic E-state index is 13.1. The lowest BCUT2D eigenvalue weighted by atomic mass is 10.1. The van der Waals surface area contributed by atoms with E-state index in [0.717, 1.165) is 16.5 Å². The summed E-state index contributed by atoms with van der Waals surface area (Å²) in [6.45, 7) is 0.546. The van der Waals surface area contributed by atoms with Gasteiger partial charge in [0.25, 0.3) is 0 Å². The monoisotopic (exact) mass is 265 g/mol. The third-order valence-electron chi connectivity index (χ3n) is 3.38. The van der Waals surface area contributed by atoms with Crippen LogP contribution in [0.15, 0.2) is 48.7 Å². The van der Waals surface area contributed by atoms with E-state index in [1.807, 2.05) is 29.0 Å². The zero-order valence-electron chi connectivity index (χ0n) is 10.7. The fraction of sp³-hybridized carbons (Fsp3) is 0.0625. The highest BCUT2D eigenvalue weighted by Gasteiger charge is 2.07. The van der Waals surface area contributed by atoms with Crippen LogP contribution in [0.1, 0.15) is 11.1 Å². The van der Waals surface area contributed by atoms with Gasteiger partial charge in [-0.05, 0) is 35.9 Å². The lowest BCUT2D eigenvalue weighted by Crippen LogP contribution is -2.02. The van der Waals surface area contributed by atoms with Gasteiger partial charge < -0.3 is 10.3 Å². The van der Waals surface area contributed by atoms with E-state index < -0.39 is 0 Å². The number of aromatic nitrogens is 1. The predicted octanol–water partition coefficient (Wildman–Crippen LogP) is 3.28. The SMILES string of the molecule is N#Cc1cccc2c1ccn2Cc1ccc(F)cc1N. The van der Waals surface area contributed by atoms with Crippen LogP contribution in [0.5, 0.6) is 0 Å². The molecule has 0 bridgehead atoms. The van der Waals surface area contributed by atoms with Gasteiger partial charge in [-0.15, -0.1) is 0 Å². The molecule has 0 amide bonds. The summed E-state index contributed by atoms with van der Waals surface area (Å²) in [5.41, 5.74) is 8.73. The third-order valence-corrected chi connectivity index (χ3v) is 3.38. The lowest BCUT2D eigenvalue weighted by Gasteiger charge is -2.08. The zero-order chi connectivity index (χ0) is 14.1. The van der Waals surface area contributed by atoms with Gasteiger partial charge in [0.15, 0.2) is 0 Å². The van der Waals surface area contributed by atoms with Gasteiger partial charge in [0, 0.05) is 29.3 Å². The number of nitriles is 1. The lowest BCUT2D eigenvalue weighted by molar-refractivity contribution is 0.627. The number of rotatable bonds is 2. The molecule has 0 saturated carbocycles. The molecule has 0 saturated heterocycles. The third kappa shape index (κ3) is 1.99. The molecule has 3 aromatic rings. The largest absolute Gasteiger partial charge is 0.398 e. The van der Waals surface area contributed by atoms with Crippen molar-refractivity contribution in [2.45, 2.75) is 6.54 Å². The predicted molar refractivity (Wildman–Crippen MR) is 76.6 cm³/mol. The Hall–Kier alpha value is -2.80. The van der Waals surface area contributed by atoms with Crippen LogP contribution in [0.25, 0.3) is 10.9 Å². The summed E-state index contributed by atoms with van der Waals surface area (Å²) in [5, 5.41) is 10.0. The van der Waals surface area contributed by atoms with E-state index in [1.54, 1.807) is 12.1 Å². The maximum Gasteiger partial charge on any atom is 0.125 e. The molecule has 0 spiro atoms. The van der Waals surface area contributed by atoms with Crippen LogP contribution in [0.4, 0.5) is 10.1 Å². The smallest absolute Gasteiger partial charge is 0.125 e. The first kappa shape index (κ1) is 12.2. The second-order valence-corrected chi connectivity index (χ2v) is 4.64. The van der Waals surface area contributed by atoms with Crippen LogP contribution in [0.3, 0.4) is 0 Å². The number of nitrogen functional groups attached to an aromatic ring is 1. The summed E-state index contributed by atoms with van der Waals surface area (Å²) in [6, 6.07) is 14.1. The van der Waals surface area contributed by atoms with Crippen LogP contribution < -0.4 is 5.73 Å². The molecule has 2 N–H and O–H groups in total. The molecule has 3 rings (SSSR count). The van der Waals surface area contributed by atoms with E-state index in [1.165, 1.54) is 12.1 Å². The van der Waals surface area contributed by atoms with Gasteiger partial charge in [0.2, 0.25) is 0 Å². The van der Waals surface area contributed by atoms with E-state index in [0.29, 0.717) is 17.8 Å². The van der Waals surface area contributed by atoms with Crippen LogP contribution in [-0.4, -0.2) is 4.57 Å². The number of hydrogen-bond donors (Lipinski definition) is 1. The van der Waals surface area contributed by atoms with Crippen molar-refractivity contribution < 1.29 is 4.39 Å². The quantitative estimate of drug-likeness (QED) is 0.723. The second-order valence-electron chi connectivity index (χ2n) is 4.64. The molecule has 1 heterocycles. The molecule has 0 radical (unpaired) electrons. The van der Waals surface area contributed by atoms with Crippen LogP contribution in [0, 0.1) is 17.1 Å². The van der Waals surface area contributed by atoms with E-state index >= 15 is 0 Å². The zero-order valence-corrected chi connectivity index (χ0v) is 10.7. The molecule has 0 aliphatic heterocycles. The molecule has 0 aliphatic carbocycles. The normalized spacial score (nSPS) is 10.6. The number of anilines is 1. The average Bonchev–Trinajstić information content (AvgIpc) is 2.85. The molecule has 98 valence electrons. The first-order valence-electron chi connectivity index (χ1n) is 6.21. The van der Waals surface area contributed by atoms with Crippen molar-refractivity contribution in [2.24, 2.45) is 0 Å². The highest BCUT2D eigenvalue weighted by molar-refractivity contribution is 5.86. The van der Waals surface area contributed by atoms with Crippen molar-refractivity contribution in [1.29, 1.82) is 5.26 Å². The molecule has 2 aromatic carbocycles. The first-order valence-corrected chi connectivity index (χ1v) is 6.21. The average molecular weight is 265 g/mol. The molecule has 3 nitrogen and oxygen atoms in total. The summed E-state index contributed by atoms with van der Waals surface area (Å²) >= 11 is 0. The maximum atomic E-state index is 13.1. The summed E-state index contributed by atoms with van der Waals surface area (Å²) in [4.78, 5) is 0. The Bertz CT molecular complexity index is 827. The highest BCUT2D eigenvalue weighted by Crippen LogP contribution is 2.22. The molecule has 0 fully saturated rings. The standard InChI is InChI=1S/C16H12FN3/c17-13-5-4-12(15(19)8-13)10-20-7-6-14-11(9-18)2-1-3-16(14)20/h1-8H,10,19H2. The Balaban J connectivity index is 2.06. The van der Waals surface area contributed by atoms with Gasteiger partial charge in [-0.2, -0.15) is 5.26 Å². The molecular formula is C16H12FN3. The van der Waals surface area contributed by atoms with Gasteiger partial charge in [-0.1, -0.05) is 12.1 Å². The highest BCUT2D eigenvalue weighted by atomic mass is 19.1. The van der Waals surface area contributed by atoms with Crippen molar-refractivity contribution in [2.75, 3.05) is 5.73 Å². The van der Waals surface area contributed by atoms with Crippen molar-refractivity contribution in [3.63, 3.8) is 0 Å². The minimum atomic E-state index is -0.338. The Morgan fingerprint density at radius 3 is 2.80 bits per heavy atom. The number of fused-ring (bicyclic) bond motifs is 1. The molecule has 20 heavy (non-hydrogen) atoms. The van der Waals surface area contributed by atoms with Gasteiger partial charge in [-0.3, -0.25) is 0 Å². The molecule has 0 unspecified atom stereocenters. The molecule has 0 aliphatic rings. The van der Waals surface area contributed by atoms with Gasteiger partial charge >= 0.3 is 0 Å². The van der Waals surface area contributed by atoms with E-state index in [2.05, 4.69) is 6.07 Å². The summed E-state index contributed by atoms with van der Waals surface area (Å²) < 4.78 is 15.1. The molecule has 4 heteroatoms. The van der Waals surface area contributed by atoms with Crippen molar-refractivity contribution in [3.05, 3.63) is 65.6 Å². The molecule has 0 atom stereocenters. The van der Waals surface area contributed by atoms with Crippen molar-refractivity contribution >= 4 is 16.6 Å². The van der Waals surface area contributed by atoms with E-state index in [4.69, 9.17) is 11.0 Å². The minimum absolute atomic E-state index is 0.338. The number of nitrogens with zero attached hydrogens (tertiary/aromatic N) is 2. The number of hydrogen-bond acceptors (Lipinski definition) is 2. The Kier molecular flexibility index (Phi) is 2.88. The van der Waals surface area contributed by atoms with E-state index in [-0.39, 0.29) is 5.82 Å². The minimum Gasteiger partial charge on any atom is -0.398 e. The summed E-state index contributed by atoms with van der Waals surface area (Å²) in [6.07, 6.45) is 1.91.